The van der Waals surface area contributed by atoms with E-state index in [1.54, 1.807) is 17.0 Å². The molecule has 1 saturated heterocycles. The van der Waals surface area contributed by atoms with Gasteiger partial charge in [-0.3, -0.25) is 4.79 Å². The number of hydrogen-bond donors (Lipinski definition) is 1. The van der Waals surface area contributed by atoms with Crippen LogP contribution < -0.4 is 10.2 Å². The van der Waals surface area contributed by atoms with Gasteiger partial charge in [-0.1, -0.05) is 25.3 Å². The summed E-state index contributed by atoms with van der Waals surface area (Å²) in [4.78, 5) is 28.4. The van der Waals surface area contributed by atoms with Crippen LogP contribution in [0.4, 0.5) is 14.9 Å². The van der Waals surface area contributed by atoms with Gasteiger partial charge in [-0.05, 0) is 38.0 Å². The molecule has 2 fully saturated rings. The van der Waals surface area contributed by atoms with E-state index in [0.717, 1.165) is 12.8 Å². The number of benzene rings is 1. The zero-order chi connectivity index (χ0) is 17.8. The molecule has 0 aromatic heterocycles. The molecule has 0 radical (unpaired) electrons. The summed E-state index contributed by atoms with van der Waals surface area (Å²) in [7, 11) is 0. The number of anilines is 1. The van der Waals surface area contributed by atoms with Gasteiger partial charge < -0.3 is 15.1 Å². The van der Waals surface area contributed by atoms with Gasteiger partial charge in [-0.15, -0.1) is 0 Å². The van der Waals surface area contributed by atoms with Crippen molar-refractivity contribution < 1.29 is 14.0 Å². The highest BCUT2D eigenvalue weighted by molar-refractivity contribution is 5.96. The maximum Gasteiger partial charge on any atom is 0.317 e. The lowest BCUT2D eigenvalue weighted by atomic mass is 9.94. The highest BCUT2D eigenvalue weighted by Crippen LogP contribution is 2.24. The van der Waals surface area contributed by atoms with Crippen molar-refractivity contribution in [3.05, 3.63) is 30.1 Å². The molecule has 136 valence electrons. The molecule has 0 bridgehead atoms. The molecular weight excluding hydrogens is 321 g/mol. The van der Waals surface area contributed by atoms with Crippen molar-refractivity contribution in [2.75, 3.05) is 18.0 Å². The molecule has 1 aliphatic carbocycles. The van der Waals surface area contributed by atoms with Crippen LogP contribution in [0.1, 0.15) is 45.4 Å². The molecule has 1 aliphatic heterocycles. The predicted molar refractivity (Wildman–Crippen MR) is 94.9 cm³/mol. The number of carbonyl (C=O) groups excluding carboxylic acids is 2. The molecule has 2 aliphatic rings. The van der Waals surface area contributed by atoms with Crippen molar-refractivity contribution in [3.63, 3.8) is 0 Å². The van der Waals surface area contributed by atoms with Crippen LogP contribution >= 0.6 is 0 Å². The van der Waals surface area contributed by atoms with Crippen molar-refractivity contribution in [2.24, 2.45) is 0 Å². The van der Waals surface area contributed by atoms with E-state index in [0.29, 0.717) is 24.8 Å². The third-order valence-corrected chi connectivity index (χ3v) is 5.19. The molecule has 0 unspecified atom stereocenters. The van der Waals surface area contributed by atoms with Crippen LogP contribution in [0.15, 0.2) is 24.3 Å². The standard InChI is InChI=1S/C19H26FN3O2/c1-2-22(16-8-4-3-5-9-16)19(25)21-15-12-18(24)23(13-15)17-10-6-7-14(20)11-17/h6-7,10-11,15-16H,2-5,8-9,12-13H2,1H3,(H,21,25)/t15-/m1/s1. The molecule has 1 aromatic rings. The Balaban J connectivity index is 1.61. The van der Waals surface area contributed by atoms with Crippen molar-refractivity contribution in [1.29, 1.82) is 0 Å². The molecule has 1 saturated carbocycles. The molecule has 1 heterocycles. The summed E-state index contributed by atoms with van der Waals surface area (Å²) in [5.41, 5.74) is 0.543. The zero-order valence-corrected chi connectivity index (χ0v) is 14.7. The number of halogens is 1. The lowest BCUT2D eigenvalue weighted by molar-refractivity contribution is -0.117. The molecule has 25 heavy (non-hydrogen) atoms. The van der Waals surface area contributed by atoms with Crippen LogP contribution in [0, 0.1) is 5.82 Å². The molecule has 5 nitrogen and oxygen atoms in total. The van der Waals surface area contributed by atoms with Gasteiger partial charge in [0.15, 0.2) is 0 Å². The Kier molecular flexibility index (Phi) is 5.56. The lowest BCUT2D eigenvalue weighted by Crippen LogP contribution is -2.50. The summed E-state index contributed by atoms with van der Waals surface area (Å²) in [5, 5.41) is 3.00. The third kappa shape index (κ3) is 4.11. The summed E-state index contributed by atoms with van der Waals surface area (Å²) < 4.78 is 13.4. The highest BCUT2D eigenvalue weighted by atomic mass is 19.1. The SMILES string of the molecule is CCN(C(=O)N[C@@H]1CC(=O)N(c2cccc(F)c2)C1)C1CCCCC1. The minimum absolute atomic E-state index is 0.0865. The summed E-state index contributed by atoms with van der Waals surface area (Å²) in [5.74, 6) is -0.455. The number of carbonyl (C=O) groups is 2. The monoisotopic (exact) mass is 347 g/mol. The van der Waals surface area contributed by atoms with Gasteiger partial charge in [-0.25, -0.2) is 9.18 Å². The molecule has 1 N–H and O–H groups in total. The first kappa shape index (κ1) is 17.7. The number of amides is 3. The second-order valence-corrected chi connectivity index (χ2v) is 6.91. The summed E-state index contributed by atoms with van der Waals surface area (Å²) in [6.07, 6.45) is 5.95. The van der Waals surface area contributed by atoms with Crippen LogP contribution in [-0.2, 0) is 4.79 Å². The number of nitrogens with zero attached hydrogens (tertiary/aromatic N) is 2. The van der Waals surface area contributed by atoms with Crippen LogP contribution in [0.5, 0.6) is 0 Å². The van der Waals surface area contributed by atoms with E-state index in [1.165, 1.54) is 31.4 Å². The Morgan fingerprint density at radius 2 is 2.08 bits per heavy atom. The van der Waals surface area contributed by atoms with Crippen LogP contribution in [0.3, 0.4) is 0 Å². The molecule has 1 atom stereocenters. The average molecular weight is 347 g/mol. The van der Waals surface area contributed by atoms with E-state index in [2.05, 4.69) is 5.32 Å². The number of nitrogens with one attached hydrogen (secondary N) is 1. The van der Waals surface area contributed by atoms with Crippen LogP contribution in [0.25, 0.3) is 0 Å². The summed E-state index contributed by atoms with van der Waals surface area (Å²) >= 11 is 0. The Morgan fingerprint density at radius 3 is 2.76 bits per heavy atom. The molecule has 3 amide bonds. The Labute approximate surface area is 148 Å². The zero-order valence-electron chi connectivity index (χ0n) is 14.7. The molecule has 1 aromatic carbocycles. The van der Waals surface area contributed by atoms with Crippen molar-refractivity contribution in [2.45, 2.75) is 57.5 Å². The topological polar surface area (TPSA) is 52.7 Å². The minimum atomic E-state index is -0.368. The number of hydrogen-bond acceptors (Lipinski definition) is 2. The van der Waals surface area contributed by atoms with E-state index in [1.807, 2.05) is 11.8 Å². The average Bonchev–Trinajstić information content (AvgIpc) is 2.97. The van der Waals surface area contributed by atoms with Crippen LogP contribution in [-0.4, -0.2) is 42.0 Å². The van der Waals surface area contributed by atoms with Crippen molar-refractivity contribution in [3.8, 4) is 0 Å². The van der Waals surface area contributed by atoms with Crippen molar-refractivity contribution >= 4 is 17.6 Å². The Hall–Kier alpha value is -2.11. The predicted octanol–water partition coefficient (Wildman–Crippen LogP) is 3.30. The normalized spacial score (nSPS) is 21.4. The quantitative estimate of drug-likeness (QED) is 0.909. The first-order valence-electron chi connectivity index (χ1n) is 9.21. The molecule has 0 spiro atoms. The van der Waals surface area contributed by atoms with E-state index in [4.69, 9.17) is 0 Å². The number of urea groups is 1. The van der Waals surface area contributed by atoms with E-state index < -0.39 is 0 Å². The highest BCUT2D eigenvalue weighted by Gasteiger charge is 2.33. The molecule has 3 rings (SSSR count). The second kappa shape index (κ2) is 7.85. The number of rotatable bonds is 4. The van der Waals surface area contributed by atoms with Gasteiger partial charge in [-0.2, -0.15) is 0 Å². The lowest BCUT2D eigenvalue weighted by Gasteiger charge is -2.34. The summed E-state index contributed by atoms with van der Waals surface area (Å²) in [6, 6.07) is 5.98. The molecular formula is C19H26FN3O2. The second-order valence-electron chi connectivity index (χ2n) is 6.91. The molecule has 6 heteroatoms. The van der Waals surface area contributed by atoms with E-state index >= 15 is 0 Å². The Bertz CT molecular complexity index is 631. The fourth-order valence-electron chi connectivity index (χ4n) is 3.92. The Morgan fingerprint density at radius 1 is 1.32 bits per heavy atom. The van der Waals surface area contributed by atoms with Crippen molar-refractivity contribution in [1.82, 2.24) is 10.2 Å². The smallest absolute Gasteiger partial charge is 0.317 e. The van der Waals surface area contributed by atoms with Gasteiger partial charge in [0.1, 0.15) is 5.82 Å². The van der Waals surface area contributed by atoms with E-state index in [9.17, 15) is 14.0 Å². The fraction of sp³-hybridized carbons (Fsp3) is 0.579. The van der Waals surface area contributed by atoms with Crippen LogP contribution in [0.2, 0.25) is 0 Å². The maximum atomic E-state index is 13.4. The largest absolute Gasteiger partial charge is 0.333 e. The maximum absolute atomic E-state index is 13.4. The first-order valence-corrected chi connectivity index (χ1v) is 9.21. The van der Waals surface area contributed by atoms with E-state index in [-0.39, 0.29) is 30.2 Å². The third-order valence-electron chi connectivity index (χ3n) is 5.19. The van der Waals surface area contributed by atoms with Gasteiger partial charge in [0.2, 0.25) is 5.91 Å². The van der Waals surface area contributed by atoms with Gasteiger partial charge in [0.05, 0.1) is 6.04 Å². The minimum Gasteiger partial charge on any atom is -0.333 e. The van der Waals surface area contributed by atoms with Gasteiger partial charge >= 0.3 is 6.03 Å². The van der Waals surface area contributed by atoms with Gasteiger partial charge in [0, 0.05) is 31.2 Å². The van der Waals surface area contributed by atoms with Gasteiger partial charge in [0.25, 0.3) is 0 Å². The first-order chi connectivity index (χ1) is 12.1. The fourth-order valence-corrected chi connectivity index (χ4v) is 3.92. The summed E-state index contributed by atoms with van der Waals surface area (Å²) in [6.45, 7) is 3.05.